The van der Waals surface area contributed by atoms with Crippen molar-refractivity contribution in [2.75, 3.05) is 0 Å². The van der Waals surface area contributed by atoms with Crippen LogP contribution in [0.4, 0.5) is 0 Å². The zero-order valence-electron chi connectivity index (χ0n) is 12.8. The average molecular weight is 284 g/mol. The van der Waals surface area contributed by atoms with E-state index in [9.17, 15) is 4.79 Å². The van der Waals surface area contributed by atoms with Crippen molar-refractivity contribution in [3.8, 4) is 0 Å². The zero-order chi connectivity index (χ0) is 14.8. The van der Waals surface area contributed by atoms with Crippen LogP contribution in [0.5, 0.6) is 0 Å². The molecule has 1 aromatic carbocycles. The van der Waals surface area contributed by atoms with Crippen molar-refractivity contribution in [2.45, 2.75) is 57.9 Å². The molecule has 0 fully saturated rings. The highest BCUT2D eigenvalue weighted by Gasteiger charge is 2.22. The highest BCUT2D eigenvalue weighted by atomic mass is 16.2. The highest BCUT2D eigenvalue weighted by Crippen LogP contribution is 2.31. The van der Waals surface area contributed by atoms with Gasteiger partial charge in [0.05, 0.1) is 5.52 Å². The van der Waals surface area contributed by atoms with Crippen LogP contribution in [0.15, 0.2) is 24.3 Å². The lowest BCUT2D eigenvalue weighted by atomic mass is 9.96. The van der Waals surface area contributed by atoms with Crippen LogP contribution in [0, 0.1) is 0 Å². The van der Waals surface area contributed by atoms with Crippen LogP contribution in [0.3, 0.4) is 0 Å². The minimum Gasteiger partial charge on any atom is -0.327 e. The summed E-state index contributed by atoms with van der Waals surface area (Å²) in [6.45, 7) is 1.90. The maximum atomic E-state index is 12.7. The van der Waals surface area contributed by atoms with Crippen molar-refractivity contribution in [1.29, 1.82) is 0 Å². The Bertz CT molecular complexity index is 655. The molecular formula is C18H24N2O. The summed E-state index contributed by atoms with van der Waals surface area (Å²) < 4.78 is 1.96. The number of carbonyl (C=O) groups is 1. The van der Waals surface area contributed by atoms with Gasteiger partial charge in [0.15, 0.2) is 0 Å². The quantitative estimate of drug-likeness (QED) is 0.914. The van der Waals surface area contributed by atoms with E-state index >= 15 is 0 Å². The molecule has 0 bridgehead atoms. The third-order valence-electron chi connectivity index (χ3n) is 4.42. The number of benzene rings is 1. The number of nitrogens with zero attached hydrogens (tertiary/aromatic N) is 1. The highest BCUT2D eigenvalue weighted by molar-refractivity contribution is 5.96. The number of para-hydroxylation sites is 1. The van der Waals surface area contributed by atoms with Crippen LogP contribution < -0.4 is 5.73 Å². The Morgan fingerprint density at radius 3 is 2.67 bits per heavy atom. The molecule has 3 rings (SSSR count). The second kappa shape index (κ2) is 6.02. The van der Waals surface area contributed by atoms with E-state index in [4.69, 9.17) is 5.73 Å². The lowest BCUT2D eigenvalue weighted by molar-refractivity contribution is 0.0898. The Kier molecular flexibility index (Phi) is 4.11. The molecule has 1 aromatic heterocycles. The largest absolute Gasteiger partial charge is 0.327 e. The van der Waals surface area contributed by atoms with Crippen molar-refractivity contribution in [3.05, 3.63) is 35.5 Å². The Morgan fingerprint density at radius 1 is 1.19 bits per heavy atom. The predicted molar refractivity (Wildman–Crippen MR) is 86.7 cm³/mol. The molecule has 0 aliphatic heterocycles. The van der Waals surface area contributed by atoms with E-state index < -0.39 is 0 Å². The van der Waals surface area contributed by atoms with E-state index in [0.717, 1.165) is 18.4 Å². The summed E-state index contributed by atoms with van der Waals surface area (Å²) in [4.78, 5) is 12.7. The first-order valence-electron chi connectivity index (χ1n) is 8.08. The van der Waals surface area contributed by atoms with Gasteiger partial charge in [0.25, 0.3) is 0 Å². The Morgan fingerprint density at radius 2 is 1.90 bits per heavy atom. The van der Waals surface area contributed by atoms with Gasteiger partial charge in [-0.1, -0.05) is 31.0 Å². The Hall–Kier alpha value is -1.61. The minimum atomic E-state index is -0.0946. The molecule has 1 aliphatic rings. The standard InChI is InChI=1S/C18H24N2O/c1-13(19)12-18(21)20-16-10-5-3-2-4-8-14(16)15-9-6-7-11-17(15)20/h6-7,9,11,13H,2-5,8,10,12,19H2,1H3. The van der Waals surface area contributed by atoms with E-state index in [1.165, 1.54) is 42.3 Å². The van der Waals surface area contributed by atoms with E-state index in [-0.39, 0.29) is 11.9 Å². The van der Waals surface area contributed by atoms with Crippen molar-refractivity contribution in [3.63, 3.8) is 0 Å². The van der Waals surface area contributed by atoms with Gasteiger partial charge >= 0.3 is 0 Å². The number of hydrogen-bond acceptors (Lipinski definition) is 2. The first kappa shape index (κ1) is 14.3. The van der Waals surface area contributed by atoms with Gasteiger partial charge < -0.3 is 5.73 Å². The fourth-order valence-corrected chi connectivity index (χ4v) is 3.50. The summed E-state index contributed by atoms with van der Waals surface area (Å²) >= 11 is 0. The fraction of sp³-hybridized carbons (Fsp3) is 0.500. The van der Waals surface area contributed by atoms with E-state index in [1.54, 1.807) is 0 Å². The number of hydrogen-bond donors (Lipinski definition) is 1. The number of rotatable bonds is 2. The number of nitrogens with two attached hydrogens (primary N) is 1. The average Bonchev–Trinajstić information content (AvgIpc) is 2.71. The predicted octanol–water partition coefficient (Wildman–Crippen LogP) is 3.68. The number of aryl methyl sites for hydroxylation is 1. The normalized spacial score (nSPS) is 17.0. The molecule has 3 heteroatoms. The molecule has 2 aromatic rings. The number of carbonyl (C=O) groups excluding carboxylic acids is 1. The smallest absolute Gasteiger partial charge is 0.232 e. The van der Waals surface area contributed by atoms with Crippen molar-refractivity contribution < 1.29 is 4.79 Å². The van der Waals surface area contributed by atoms with Gasteiger partial charge in [-0.15, -0.1) is 0 Å². The summed E-state index contributed by atoms with van der Waals surface area (Å²) in [7, 11) is 0. The SMILES string of the molecule is CC(N)CC(=O)n1c2c(c3ccccc31)CCCCCC2. The van der Waals surface area contributed by atoms with Gasteiger partial charge in [0.2, 0.25) is 5.91 Å². The molecule has 1 atom stereocenters. The van der Waals surface area contributed by atoms with Crippen LogP contribution in [0.1, 0.15) is 55.1 Å². The molecule has 1 aliphatic carbocycles. The van der Waals surface area contributed by atoms with Crippen LogP contribution in [-0.2, 0) is 12.8 Å². The molecule has 3 nitrogen and oxygen atoms in total. The lowest BCUT2D eigenvalue weighted by Crippen LogP contribution is -2.24. The van der Waals surface area contributed by atoms with Crippen molar-refractivity contribution in [2.24, 2.45) is 5.73 Å². The fourth-order valence-electron chi connectivity index (χ4n) is 3.50. The molecule has 0 amide bonds. The van der Waals surface area contributed by atoms with Crippen LogP contribution in [0.2, 0.25) is 0 Å². The first-order valence-corrected chi connectivity index (χ1v) is 8.08. The number of aromatic nitrogens is 1. The molecule has 1 heterocycles. The molecule has 2 N–H and O–H groups in total. The topological polar surface area (TPSA) is 48.0 Å². The van der Waals surface area contributed by atoms with Crippen molar-refractivity contribution in [1.82, 2.24) is 4.57 Å². The van der Waals surface area contributed by atoms with Gasteiger partial charge in [-0.2, -0.15) is 0 Å². The Balaban J connectivity index is 2.17. The van der Waals surface area contributed by atoms with Gasteiger partial charge in [-0.25, -0.2) is 0 Å². The summed E-state index contributed by atoms with van der Waals surface area (Å²) in [5.41, 5.74) is 9.54. The van der Waals surface area contributed by atoms with Crippen molar-refractivity contribution >= 4 is 16.8 Å². The molecule has 112 valence electrons. The van der Waals surface area contributed by atoms with E-state index in [0.29, 0.717) is 6.42 Å². The molecule has 21 heavy (non-hydrogen) atoms. The van der Waals surface area contributed by atoms with Crippen LogP contribution in [0.25, 0.3) is 10.9 Å². The molecular weight excluding hydrogens is 260 g/mol. The van der Waals surface area contributed by atoms with Gasteiger partial charge in [0.1, 0.15) is 0 Å². The minimum absolute atomic E-state index is 0.0946. The second-order valence-corrected chi connectivity index (χ2v) is 6.27. The molecule has 0 saturated heterocycles. The molecule has 0 radical (unpaired) electrons. The zero-order valence-corrected chi connectivity index (χ0v) is 12.8. The lowest BCUT2D eigenvalue weighted by Gasteiger charge is -2.14. The maximum absolute atomic E-state index is 12.7. The monoisotopic (exact) mass is 284 g/mol. The molecule has 1 unspecified atom stereocenters. The first-order chi connectivity index (χ1) is 10.2. The maximum Gasteiger partial charge on any atom is 0.232 e. The third-order valence-corrected chi connectivity index (χ3v) is 4.42. The summed E-state index contributed by atoms with van der Waals surface area (Å²) in [6.07, 6.45) is 7.47. The summed E-state index contributed by atoms with van der Waals surface area (Å²) in [5, 5.41) is 1.26. The van der Waals surface area contributed by atoms with E-state index in [2.05, 4.69) is 18.2 Å². The second-order valence-electron chi connectivity index (χ2n) is 6.27. The molecule has 0 spiro atoms. The van der Waals surface area contributed by atoms with Crippen LogP contribution in [-0.4, -0.2) is 16.5 Å². The van der Waals surface area contributed by atoms with Crippen LogP contribution >= 0.6 is 0 Å². The molecule has 0 saturated carbocycles. The van der Waals surface area contributed by atoms with E-state index in [1.807, 2.05) is 17.6 Å². The summed E-state index contributed by atoms with van der Waals surface area (Å²) in [5.74, 6) is 0.142. The Labute approximate surface area is 126 Å². The van der Waals surface area contributed by atoms with Gasteiger partial charge in [0, 0.05) is 23.5 Å². The summed E-state index contributed by atoms with van der Waals surface area (Å²) in [6, 6.07) is 8.22. The van der Waals surface area contributed by atoms with Gasteiger partial charge in [-0.05, 0) is 44.2 Å². The third kappa shape index (κ3) is 2.75. The number of fused-ring (bicyclic) bond motifs is 3. The van der Waals surface area contributed by atoms with Gasteiger partial charge in [-0.3, -0.25) is 9.36 Å².